The van der Waals surface area contributed by atoms with Crippen LogP contribution < -0.4 is 0 Å². The first kappa shape index (κ1) is 18.6. The monoisotopic (exact) mass is 395 g/mol. The van der Waals surface area contributed by atoms with Crippen molar-refractivity contribution in [1.29, 1.82) is 0 Å². The number of morpholine rings is 1. The van der Waals surface area contributed by atoms with Crippen molar-refractivity contribution in [3.63, 3.8) is 0 Å². The third kappa shape index (κ3) is 4.77. The Hall–Kier alpha value is -1.72. The van der Waals surface area contributed by atoms with Crippen molar-refractivity contribution in [1.82, 2.24) is 34.9 Å². The molecule has 2 aliphatic heterocycles. The SMILES string of the molecule is O=C(CSc1nnnn1C1CC1)N1CCN(CC(=O)N2CCOCC2)CC1. The van der Waals surface area contributed by atoms with Gasteiger partial charge in [-0.25, -0.2) is 4.68 Å². The molecule has 1 aliphatic carbocycles. The standard InChI is InChI=1S/C16H25N7O3S/c24-14(22-7-9-26-10-8-22)11-20-3-5-21(6-4-20)15(25)12-27-16-17-18-19-23(16)13-1-2-13/h13H,1-12H2. The molecule has 0 atom stereocenters. The van der Waals surface area contributed by atoms with Gasteiger partial charge in [0.2, 0.25) is 17.0 Å². The maximum absolute atomic E-state index is 12.5. The fourth-order valence-corrected chi connectivity index (χ4v) is 4.15. The van der Waals surface area contributed by atoms with E-state index in [1.54, 1.807) is 0 Å². The molecule has 11 heteroatoms. The second-order valence-corrected chi connectivity index (χ2v) is 8.02. The highest BCUT2D eigenvalue weighted by Crippen LogP contribution is 2.36. The number of piperazine rings is 1. The van der Waals surface area contributed by atoms with Crippen molar-refractivity contribution in [3.8, 4) is 0 Å². The number of hydrogen-bond donors (Lipinski definition) is 0. The molecule has 3 heterocycles. The minimum Gasteiger partial charge on any atom is -0.378 e. The minimum atomic E-state index is 0.101. The average Bonchev–Trinajstić information content (AvgIpc) is 3.45. The number of amides is 2. The maximum atomic E-state index is 12.5. The van der Waals surface area contributed by atoms with Crippen molar-refractivity contribution in [2.75, 3.05) is 64.8 Å². The van der Waals surface area contributed by atoms with Crippen LogP contribution in [0.4, 0.5) is 0 Å². The van der Waals surface area contributed by atoms with E-state index in [1.165, 1.54) is 11.8 Å². The largest absolute Gasteiger partial charge is 0.378 e. The Morgan fingerprint density at radius 3 is 2.41 bits per heavy atom. The van der Waals surface area contributed by atoms with E-state index < -0.39 is 0 Å². The van der Waals surface area contributed by atoms with Crippen molar-refractivity contribution in [2.24, 2.45) is 0 Å². The molecule has 1 saturated carbocycles. The van der Waals surface area contributed by atoms with Gasteiger partial charge in [0.25, 0.3) is 0 Å². The van der Waals surface area contributed by atoms with Crippen LogP contribution in [-0.4, -0.2) is 112 Å². The second kappa shape index (κ2) is 8.53. The third-order valence-electron chi connectivity index (χ3n) is 5.13. The molecular weight excluding hydrogens is 370 g/mol. The van der Waals surface area contributed by atoms with Crippen LogP contribution in [0.2, 0.25) is 0 Å². The lowest BCUT2D eigenvalue weighted by atomic mass is 10.3. The summed E-state index contributed by atoms with van der Waals surface area (Å²) in [5.74, 6) is 0.602. The highest BCUT2D eigenvalue weighted by atomic mass is 32.2. The third-order valence-corrected chi connectivity index (χ3v) is 6.05. The molecule has 1 aromatic rings. The van der Waals surface area contributed by atoms with Gasteiger partial charge in [-0.15, -0.1) is 5.10 Å². The lowest BCUT2D eigenvalue weighted by Crippen LogP contribution is -2.53. The van der Waals surface area contributed by atoms with E-state index in [0.717, 1.165) is 31.1 Å². The van der Waals surface area contributed by atoms with E-state index in [0.29, 0.717) is 57.7 Å². The number of carbonyl (C=O) groups is 2. The average molecular weight is 395 g/mol. The van der Waals surface area contributed by atoms with Gasteiger partial charge in [0.05, 0.1) is 31.6 Å². The summed E-state index contributed by atoms with van der Waals surface area (Å²) in [7, 11) is 0. The summed E-state index contributed by atoms with van der Waals surface area (Å²) in [6.45, 7) is 5.79. The van der Waals surface area contributed by atoms with Gasteiger partial charge < -0.3 is 14.5 Å². The van der Waals surface area contributed by atoms with Crippen molar-refractivity contribution in [2.45, 2.75) is 24.0 Å². The number of thioether (sulfide) groups is 1. The highest BCUT2D eigenvalue weighted by Gasteiger charge is 2.29. The zero-order valence-corrected chi connectivity index (χ0v) is 16.1. The van der Waals surface area contributed by atoms with Crippen LogP contribution in [0.3, 0.4) is 0 Å². The second-order valence-electron chi connectivity index (χ2n) is 7.08. The Kier molecular flexibility index (Phi) is 5.89. The summed E-state index contributed by atoms with van der Waals surface area (Å²) in [5, 5.41) is 12.5. The smallest absolute Gasteiger partial charge is 0.236 e. The molecule has 148 valence electrons. The molecule has 0 spiro atoms. The summed E-state index contributed by atoms with van der Waals surface area (Å²) in [4.78, 5) is 30.7. The van der Waals surface area contributed by atoms with Crippen LogP contribution in [0, 0.1) is 0 Å². The van der Waals surface area contributed by atoms with E-state index >= 15 is 0 Å². The molecule has 0 bridgehead atoms. The lowest BCUT2D eigenvalue weighted by Gasteiger charge is -2.36. The van der Waals surface area contributed by atoms with E-state index in [2.05, 4.69) is 20.4 Å². The van der Waals surface area contributed by atoms with E-state index in [4.69, 9.17) is 4.74 Å². The van der Waals surface area contributed by atoms with Crippen LogP contribution in [0.1, 0.15) is 18.9 Å². The Balaban J connectivity index is 1.18. The van der Waals surface area contributed by atoms with Gasteiger partial charge in [-0.1, -0.05) is 11.8 Å². The number of carbonyl (C=O) groups excluding carboxylic acids is 2. The maximum Gasteiger partial charge on any atom is 0.236 e. The van der Waals surface area contributed by atoms with Crippen LogP contribution in [0.5, 0.6) is 0 Å². The number of aromatic nitrogens is 4. The predicted molar refractivity (Wildman–Crippen MR) is 97.2 cm³/mol. The van der Waals surface area contributed by atoms with Crippen LogP contribution in [0.15, 0.2) is 5.16 Å². The topological polar surface area (TPSA) is 96.7 Å². The van der Waals surface area contributed by atoms with Gasteiger partial charge >= 0.3 is 0 Å². The molecule has 3 aliphatic rings. The molecule has 0 N–H and O–H groups in total. The van der Waals surface area contributed by atoms with E-state index in [-0.39, 0.29) is 11.8 Å². The Labute approximate surface area is 162 Å². The molecule has 10 nitrogen and oxygen atoms in total. The zero-order chi connectivity index (χ0) is 18.6. The molecular formula is C16H25N7O3S. The molecule has 27 heavy (non-hydrogen) atoms. The minimum absolute atomic E-state index is 0.101. The zero-order valence-electron chi connectivity index (χ0n) is 15.3. The number of tetrazole rings is 1. The fraction of sp³-hybridized carbons (Fsp3) is 0.812. The predicted octanol–water partition coefficient (Wildman–Crippen LogP) is -0.897. The Morgan fingerprint density at radius 2 is 1.70 bits per heavy atom. The Bertz CT molecular complexity index is 667. The molecule has 0 aromatic carbocycles. The van der Waals surface area contributed by atoms with E-state index in [9.17, 15) is 9.59 Å². The number of hydrogen-bond acceptors (Lipinski definition) is 8. The van der Waals surface area contributed by atoms with Gasteiger partial charge in [0.1, 0.15) is 0 Å². The molecule has 2 amide bonds. The fourth-order valence-electron chi connectivity index (χ4n) is 3.31. The summed E-state index contributed by atoms with van der Waals surface area (Å²) in [5.41, 5.74) is 0. The lowest BCUT2D eigenvalue weighted by molar-refractivity contribution is -0.137. The van der Waals surface area contributed by atoms with Gasteiger partial charge in [-0.3, -0.25) is 14.5 Å². The first-order chi connectivity index (χ1) is 13.2. The van der Waals surface area contributed by atoms with Crippen molar-refractivity contribution in [3.05, 3.63) is 0 Å². The number of rotatable bonds is 6. The number of nitrogens with zero attached hydrogens (tertiary/aromatic N) is 7. The summed E-state index contributed by atoms with van der Waals surface area (Å²) >= 11 is 1.40. The molecule has 2 saturated heterocycles. The Morgan fingerprint density at radius 1 is 1.00 bits per heavy atom. The van der Waals surface area contributed by atoms with Crippen LogP contribution >= 0.6 is 11.8 Å². The summed E-state index contributed by atoms with van der Waals surface area (Å²) in [6.07, 6.45) is 2.22. The first-order valence-corrected chi connectivity index (χ1v) is 10.5. The molecule has 3 fully saturated rings. The summed E-state index contributed by atoms with van der Waals surface area (Å²) < 4.78 is 7.11. The first-order valence-electron chi connectivity index (χ1n) is 9.47. The van der Waals surface area contributed by atoms with Gasteiger partial charge in [0, 0.05) is 39.3 Å². The van der Waals surface area contributed by atoms with Crippen molar-refractivity contribution < 1.29 is 14.3 Å². The van der Waals surface area contributed by atoms with Crippen molar-refractivity contribution >= 4 is 23.6 Å². The summed E-state index contributed by atoms with van der Waals surface area (Å²) in [6, 6.07) is 0.408. The van der Waals surface area contributed by atoms with Gasteiger partial charge in [-0.05, 0) is 23.3 Å². The highest BCUT2D eigenvalue weighted by molar-refractivity contribution is 7.99. The molecule has 1 aromatic heterocycles. The van der Waals surface area contributed by atoms with Gasteiger partial charge in [-0.2, -0.15) is 0 Å². The van der Waals surface area contributed by atoms with Crippen LogP contribution in [-0.2, 0) is 14.3 Å². The van der Waals surface area contributed by atoms with Gasteiger partial charge in [0.15, 0.2) is 0 Å². The molecule has 0 radical (unpaired) electrons. The van der Waals surface area contributed by atoms with E-state index in [1.807, 2.05) is 14.5 Å². The van der Waals surface area contributed by atoms with Crippen LogP contribution in [0.25, 0.3) is 0 Å². The molecule has 4 rings (SSSR count). The normalized spacial score (nSPS) is 21.5. The quantitative estimate of drug-likeness (QED) is 0.572. The molecule has 0 unspecified atom stereocenters. The number of ether oxygens (including phenoxy) is 1.